The summed E-state index contributed by atoms with van der Waals surface area (Å²) in [5, 5.41) is 27.5. The van der Waals surface area contributed by atoms with Crippen LogP contribution >= 0.6 is 0 Å². The van der Waals surface area contributed by atoms with Crippen LogP contribution in [0.1, 0.15) is 31.9 Å². The van der Waals surface area contributed by atoms with E-state index in [0.717, 1.165) is 16.5 Å². The first-order chi connectivity index (χ1) is 18.5. The van der Waals surface area contributed by atoms with E-state index >= 15 is 0 Å². The summed E-state index contributed by atoms with van der Waals surface area (Å²) in [6, 6.07) is 9.32. The maximum absolute atomic E-state index is 13.6. The molecule has 0 saturated carbocycles. The third-order valence-corrected chi connectivity index (χ3v) is 6.49. The van der Waals surface area contributed by atoms with Crippen LogP contribution in [0.2, 0.25) is 0 Å². The summed E-state index contributed by atoms with van der Waals surface area (Å²) in [4.78, 5) is 54.0. The van der Waals surface area contributed by atoms with Gasteiger partial charge in [0.05, 0.1) is 6.04 Å². The Morgan fingerprint density at radius 3 is 2.08 bits per heavy atom. The molecule has 39 heavy (non-hydrogen) atoms. The van der Waals surface area contributed by atoms with E-state index < -0.39 is 47.9 Å². The Labute approximate surface area is 226 Å². The number of fused-ring (bicyclic) bond motifs is 1. The van der Waals surface area contributed by atoms with Gasteiger partial charge in [0.2, 0.25) is 17.7 Å². The monoisotopic (exact) mass is 537 g/mol. The van der Waals surface area contributed by atoms with E-state index in [-0.39, 0.29) is 24.5 Å². The lowest BCUT2D eigenvalue weighted by Gasteiger charge is -2.25. The van der Waals surface area contributed by atoms with Gasteiger partial charge in [0.1, 0.15) is 23.9 Å². The Hall–Kier alpha value is -4.38. The molecule has 0 radical (unpaired) electrons. The number of hydrogen-bond acceptors (Lipinski definition) is 6. The summed E-state index contributed by atoms with van der Waals surface area (Å²) in [5.74, 6) is -3.22. The molecule has 0 aliphatic carbocycles. The number of carbonyl (C=O) groups excluding carboxylic acids is 3. The molecule has 8 N–H and O–H groups in total. The first-order valence-electron chi connectivity index (χ1n) is 12.7. The number of benzene rings is 2. The highest BCUT2D eigenvalue weighted by Gasteiger charge is 2.30. The first kappa shape index (κ1) is 29.2. The molecule has 0 aliphatic rings. The van der Waals surface area contributed by atoms with Crippen LogP contribution in [0.25, 0.3) is 10.9 Å². The lowest BCUT2D eigenvalue weighted by Crippen LogP contribution is -2.58. The Bertz CT molecular complexity index is 1320. The highest BCUT2D eigenvalue weighted by Crippen LogP contribution is 2.20. The van der Waals surface area contributed by atoms with E-state index in [0.29, 0.717) is 5.56 Å². The van der Waals surface area contributed by atoms with Crippen molar-refractivity contribution < 1.29 is 29.4 Å². The van der Waals surface area contributed by atoms with Crippen molar-refractivity contribution in [3.63, 3.8) is 0 Å². The average molecular weight is 538 g/mol. The summed E-state index contributed by atoms with van der Waals surface area (Å²) in [6.45, 7) is 4.90. The van der Waals surface area contributed by atoms with Gasteiger partial charge in [0.25, 0.3) is 0 Å². The lowest BCUT2D eigenvalue weighted by molar-refractivity contribution is -0.141. The first-order valence-corrected chi connectivity index (χ1v) is 12.7. The minimum atomic E-state index is -1.23. The number of rotatable bonds is 12. The SMILES string of the molecule is CC(NC(=O)C(Cc1ccc(O)cc1)NC(=O)C(Cc1c[nH]c2ccccc12)NC(=O)C(N)C(C)C)C(=O)O. The van der Waals surface area contributed by atoms with Gasteiger partial charge in [-0.3, -0.25) is 19.2 Å². The fraction of sp³-hybridized carbons (Fsp3) is 0.357. The van der Waals surface area contributed by atoms with Crippen molar-refractivity contribution in [1.29, 1.82) is 0 Å². The van der Waals surface area contributed by atoms with Crippen LogP contribution in [-0.2, 0) is 32.0 Å². The second-order valence-corrected chi connectivity index (χ2v) is 9.89. The molecule has 3 amide bonds. The predicted octanol–water partition coefficient (Wildman–Crippen LogP) is 1.20. The number of H-pyrrole nitrogens is 1. The number of amides is 3. The topological polar surface area (TPSA) is 187 Å². The molecule has 0 bridgehead atoms. The number of para-hydroxylation sites is 1. The molecule has 4 unspecified atom stereocenters. The van der Waals surface area contributed by atoms with Crippen molar-refractivity contribution >= 4 is 34.6 Å². The van der Waals surface area contributed by atoms with E-state index in [9.17, 15) is 29.4 Å². The molecule has 3 rings (SSSR count). The number of nitrogens with one attached hydrogen (secondary N) is 4. The van der Waals surface area contributed by atoms with E-state index in [4.69, 9.17) is 5.73 Å². The number of aromatic amines is 1. The Morgan fingerprint density at radius 1 is 0.846 bits per heavy atom. The molecule has 0 aliphatic heterocycles. The second-order valence-electron chi connectivity index (χ2n) is 9.89. The molecule has 1 heterocycles. The zero-order valence-electron chi connectivity index (χ0n) is 22.1. The number of carbonyl (C=O) groups is 4. The molecule has 0 saturated heterocycles. The molecule has 0 spiro atoms. The molecule has 208 valence electrons. The number of hydrogen-bond donors (Lipinski definition) is 7. The van der Waals surface area contributed by atoms with Gasteiger partial charge >= 0.3 is 5.97 Å². The molecule has 1 aromatic heterocycles. The van der Waals surface area contributed by atoms with Crippen LogP contribution in [0, 0.1) is 5.92 Å². The maximum atomic E-state index is 13.6. The van der Waals surface area contributed by atoms with Crippen molar-refractivity contribution in [1.82, 2.24) is 20.9 Å². The van der Waals surface area contributed by atoms with Gasteiger partial charge in [-0.2, -0.15) is 0 Å². The van der Waals surface area contributed by atoms with Gasteiger partial charge in [-0.15, -0.1) is 0 Å². The van der Waals surface area contributed by atoms with Gasteiger partial charge in [0, 0.05) is 29.9 Å². The van der Waals surface area contributed by atoms with E-state index in [1.165, 1.54) is 19.1 Å². The van der Waals surface area contributed by atoms with E-state index in [1.807, 2.05) is 24.3 Å². The number of aliphatic carboxylic acids is 1. The van der Waals surface area contributed by atoms with Crippen LogP contribution in [0.5, 0.6) is 5.75 Å². The van der Waals surface area contributed by atoms with Crippen molar-refractivity contribution in [2.24, 2.45) is 11.7 Å². The minimum absolute atomic E-state index is 0.0173. The smallest absolute Gasteiger partial charge is 0.325 e. The third-order valence-electron chi connectivity index (χ3n) is 6.49. The summed E-state index contributed by atoms with van der Waals surface area (Å²) < 4.78 is 0. The van der Waals surface area contributed by atoms with Crippen LogP contribution < -0.4 is 21.7 Å². The number of nitrogens with two attached hydrogens (primary N) is 1. The molecular weight excluding hydrogens is 502 g/mol. The zero-order chi connectivity index (χ0) is 28.7. The van der Waals surface area contributed by atoms with Crippen LogP contribution in [-0.4, -0.2) is 63.1 Å². The fourth-order valence-electron chi connectivity index (χ4n) is 4.03. The van der Waals surface area contributed by atoms with Crippen molar-refractivity contribution in [3.8, 4) is 5.75 Å². The number of carboxylic acids is 1. The predicted molar refractivity (Wildman–Crippen MR) is 146 cm³/mol. The van der Waals surface area contributed by atoms with E-state index in [2.05, 4.69) is 20.9 Å². The number of phenolic OH excluding ortho intramolecular Hbond substituents is 1. The minimum Gasteiger partial charge on any atom is -0.508 e. The highest BCUT2D eigenvalue weighted by atomic mass is 16.4. The number of aromatic hydroxyl groups is 1. The van der Waals surface area contributed by atoms with Gasteiger partial charge in [-0.25, -0.2) is 0 Å². The van der Waals surface area contributed by atoms with Gasteiger partial charge < -0.3 is 36.9 Å². The summed E-state index contributed by atoms with van der Waals surface area (Å²) in [7, 11) is 0. The van der Waals surface area contributed by atoms with Crippen LogP contribution in [0.15, 0.2) is 54.7 Å². The van der Waals surface area contributed by atoms with Gasteiger partial charge in [-0.05, 0) is 42.2 Å². The molecular formula is C28H35N5O6. The van der Waals surface area contributed by atoms with Crippen molar-refractivity contribution in [3.05, 3.63) is 65.9 Å². The summed E-state index contributed by atoms with van der Waals surface area (Å²) in [6.07, 6.45) is 1.89. The van der Waals surface area contributed by atoms with Gasteiger partial charge in [-0.1, -0.05) is 44.2 Å². The van der Waals surface area contributed by atoms with E-state index in [1.54, 1.807) is 32.2 Å². The van der Waals surface area contributed by atoms with Crippen LogP contribution in [0.4, 0.5) is 0 Å². The fourth-order valence-corrected chi connectivity index (χ4v) is 4.03. The molecule has 11 nitrogen and oxygen atoms in total. The van der Waals surface area contributed by atoms with Crippen molar-refractivity contribution in [2.45, 2.75) is 57.8 Å². The molecule has 2 aromatic carbocycles. The average Bonchev–Trinajstić information content (AvgIpc) is 3.31. The lowest BCUT2D eigenvalue weighted by atomic mass is 10.00. The Kier molecular flexibility index (Phi) is 9.67. The van der Waals surface area contributed by atoms with Gasteiger partial charge in [0.15, 0.2) is 0 Å². The maximum Gasteiger partial charge on any atom is 0.325 e. The quantitative estimate of drug-likeness (QED) is 0.181. The largest absolute Gasteiger partial charge is 0.508 e. The van der Waals surface area contributed by atoms with Crippen molar-refractivity contribution in [2.75, 3.05) is 0 Å². The second kappa shape index (κ2) is 12.9. The molecule has 4 atom stereocenters. The normalized spacial score (nSPS) is 14.3. The Morgan fingerprint density at radius 2 is 1.44 bits per heavy atom. The Balaban J connectivity index is 1.89. The molecule has 3 aromatic rings. The third kappa shape index (κ3) is 7.81. The zero-order valence-corrected chi connectivity index (χ0v) is 22.1. The number of phenols is 1. The van der Waals surface area contributed by atoms with Crippen LogP contribution in [0.3, 0.4) is 0 Å². The highest BCUT2D eigenvalue weighted by molar-refractivity contribution is 5.95. The summed E-state index contributed by atoms with van der Waals surface area (Å²) in [5.41, 5.74) is 8.30. The molecule has 11 heteroatoms. The molecule has 0 fully saturated rings. The summed E-state index contributed by atoms with van der Waals surface area (Å²) >= 11 is 0. The number of aromatic nitrogens is 1. The number of carboxylic acid groups (broad SMARTS) is 1. The standard InChI is InChI=1S/C28H35N5O6/c1-15(2)24(29)27(37)33-23(13-18-14-30-21-7-5-4-6-20(18)21)26(36)32-22(25(35)31-16(3)28(38)39)12-17-8-10-19(34)11-9-17/h4-11,14-16,22-24,30,34H,12-13,29H2,1-3H3,(H,31,35)(H,32,36)(H,33,37)(H,38,39).